The van der Waals surface area contributed by atoms with Crippen LogP contribution in [0.1, 0.15) is 24.1 Å². The number of nitrogens with two attached hydrogens (primary N) is 1. The van der Waals surface area contributed by atoms with Crippen molar-refractivity contribution in [2.24, 2.45) is 5.73 Å². The third-order valence-electron chi connectivity index (χ3n) is 2.94. The lowest BCUT2D eigenvalue weighted by Gasteiger charge is -2.12. The molecule has 0 saturated carbocycles. The fraction of sp³-hybridized carbons (Fsp3) is 0.188. The molecule has 5 heteroatoms. The maximum atomic E-state index is 9.01. The first-order valence-corrected chi connectivity index (χ1v) is 7.15. The fourth-order valence-electron chi connectivity index (χ4n) is 1.89. The molecular weight excluding hydrogens is 332 g/mol. The van der Waals surface area contributed by atoms with Crippen molar-refractivity contribution >= 4 is 15.9 Å². The zero-order valence-corrected chi connectivity index (χ0v) is 13.3. The molecule has 0 aliphatic carbocycles. The number of nitrogens with zero attached hydrogens (tertiary/aromatic N) is 1. The molecule has 2 aromatic carbocycles. The average Bonchev–Trinajstić information content (AvgIpc) is 2.46. The molecule has 0 heterocycles. The number of rotatable bonds is 4. The van der Waals surface area contributed by atoms with Gasteiger partial charge in [-0.25, -0.2) is 0 Å². The van der Waals surface area contributed by atoms with Gasteiger partial charge in [-0.3, -0.25) is 0 Å². The molecule has 0 aromatic heterocycles. The Morgan fingerprint density at radius 1 is 1.14 bits per heavy atom. The first-order valence-electron chi connectivity index (χ1n) is 6.35. The van der Waals surface area contributed by atoms with Crippen LogP contribution in [0.3, 0.4) is 0 Å². The number of hydrogen-bond acceptors (Lipinski definition) is 4. The quantitative estimate of drug-likeness (QED) is 0.902. The van der Waals surface area contributed by atoms with Crippen molar-refractivity contribution in [1.29, 1.82) is 5.26 Å². The topological polar surface area (TPSA) is 68.3 Å². The van der Waals surface area contributed by atoms with E-state index in [0.717, 1.165) is 10.0 Å². The third-order valence-corrected chi connectivity index (χ3v) is 3.63. The van der Waals surface area contributed by atoms with Crippen molar-refractivity contribution in [2.75, 3.05) is 7.11 Å². The molecule has 108 valence electrons. The second-order valence-electron chi connectivity index (χ2n) is 4.58. The van der Waals surface area contributed by atoms with Crippen LogP contribution in [0, 0.1) is 11.3 Å². The molecule has 0 radical (unpaired) electrons. The first-order chi connectivity index (χ1) is 10.0. The molecule has 1 atom stereocenters. The molecule has 2 rings (SSSR count). The lowest BCUT2D eigenvalue weighted by molar-refractivity contribution is 0.409. The van der Waals surface area contributed by atoms with Gasteiger partial charge in [0, 0.05) is 16.6 Å². The molecule has 2 N–H and O–H groups in total. The Bertz CT molecular complexity index is 693. The van der Waals surface area contributed by atoms with Crippen LogP contribution in [-0.2, 0) is 0 Å². The van der Waals surface area contributed by atoms with Gasteiger partial charge in [0.05, 0.1) is 18.7 Å². The molecule has 2 aromatic rings. The predicted octanol–water partition coefficient (Wildman–Crippen LogP) is 4.14. The van der Waals surface area contributed by atoms with E-state index < -0.39 is 0 Å². The van der Waals surface area contributed by atoms with Crippen LogP contribution in [0.2, 0.25) is 0 Å². The highest BCUT2D eigenvalue weighted by Crippen LogP contribution is 2.31. The van der Waals surface area contributed by atoms with E-state index in [1.807, 2.05) is 25.1 Å². The van der Waals surface area contributed by atoms with Crippen LogP contribution in [0.4, 0.5) is 0 Å². The molecule has 0 amide bonds. The summed E-state index contributed by atoms with van der Waals surface area (Å²) in [5.41, 5.74) is 7.36. The summed E-state index contributed by atoms with van der Waals surface area (Å²) in [4.78, 5) is 0. The smallest absolute Gasteiger partial charge is 0.132 e. The van der Waals surface area contributed by atoms with Crippen LogP contribution < -0.4 is 15.2 Å². The Balaban J connectivity index is 2.30. The van der Waals surface area contributed by atoms with E-state index >= 15 is 0 Å². The van der Waals surface area contributed by atoms with E-state index in [0.29, 0.717) is 22.8 Å². The number of nitriles is 1. The molecule has 1 unspecified atom stereocenters. The molecular formula is C16H15BrN2O2. The van der Waals surface area contributed by atoms with E-state index in [1.54, 1.807) is 25.3 Å². The van der Waals surface area contributed by atoms with Gasteiger partial charge in [0.2, 0.25) is 0 Å². The standard InChI is InChI=1S/C16H15BrN2O2/c1-10(19)15-4-3-12(8-16(15)17)21-14-6-11(9-18)5-13(7-14)20-2/h3-8,10H,19H2,1-2H3. The molecule has 0 bridgehead atoms. The summed E-state index contributed by atoms with van der Waals surface area (Å²) in [5.74, 6) is 1.78. The molecule has 0 aliphatic rings. The van der Waals surface area contributed by atoms with Gasteiger partial charge in [-0.15, -0.1) is 0 Å². The number of hydrogen-bond donors (Lipinski definition) is 1. The van der Waals surface area contributed by atoms with Crippen molar-refractivity contribution in [3.8, 4) is 23.3 Å². The number of halogens is 1. The minimum atomic E-state index is -0.0598. The van der Waals surface area contributed by atoms with Crippen molar-refractivity contribution in [1.82, 2.24) is 0 Å². The molecule has 4 nitrogen and oxygen atoms in total. The normalized spacial score (nSPS) is 11.6. The first kappa shape index (κ1) is 15.4. The Labute approximate surface area is 132 Å². The largest absolute Gasteiger partial charge is 0.497 e. The minimum absolute atomic E-state index is 0.0598. The van der Waals surface area contributed by atoms with Crippen molar-refractivity contribution in [3.05, 3.63) is 52.0 Å². The van der Waals surface area contributed by atoms with Gasteiger partial charge >= 0.3 is 0 Å². The summed E-state index contributed by atoms with van der Waals surface area (Å²) in [7, 11) is 1.55. The third kappa shape index (κ3) is 3.75. The Kier molecular flexibility index (Phi) is 4.84. The van der Waals surface area contributed by atoms with E-state index in [4.69, 9.17) is 20.5 Å². The van der Waals surface area contributed by atoms with Crippen LogP contribution in [0.5, 0.6) is 17.2 Å². The SMILES string of the molecule is COc1cc(C#N)cc(Oc2ccc(C(C)N)c(Br)c2)c1. The summed E-state index contributed by atoms with van der Waals surface area (Å²) in [6.45, 7) is 1.92. The van der Waals surface area contributed by atoms with Gasteiger partial charge in [0.1, 0.15) is 17.2 Å². The minimum Gasteiger partial charge on any atom is -0.497 e. The highest BCUT2D eigenvalue weighted by atomic mass is 79.9. The monoisotopic (exact) mass is 346 g/mol. The maximum Gasteiger partial charge on any atom is 0.132 e. The molecule has 0 spiro atoms. The van der Waals surface area contributed by atoms with E-state index in [9.17, 15) is 0 Å². The summed E-state index contributed by atoms with van der Waals surface area (Å²) < 4.78 is 11.8. The van der Waals surface area contributed by atoms with Crippen LogP contribution >= 0.6 is 15.9 Å². The van der Waals surface area contributed by atoms with Gasteiger partial charge in [0.15, 0.2) is 0 Å². The lowest BCUT2D eigenvalue weighted by atomic mass is 10.1. The summed E-state index contributed by atoms with van der Waals surface area (Å²) >= 11 is 3.48. The zero-order valence-electron chi connectivity index (χ0n) is 11.8. The second-order valence-corrected chi connectivity index (χ2v) is 5.44. The molecule has 21 heavy (non-hydrogen) atoms. The van der Waals surface area contributed by atoms with E-state index in [2.05, 4.69) is 22.0 Å². The zero-order chi connectivity index (χ0) is 15.4. The van der Waals surface area contributed by atoms with E-state index in [-0.39, 0.29) is 6.04 Å². The summed E-state index contributed by atoms with van der Waals surface area (Å²) in [5, 5.41) is 9.01. The summed E-state index contributed by atoms with van der Waals surface area (Å²) in [6, 6.07) is 12.7. The van der Waals surface area contributed by atoms with Crippen molar-refractivity contribution < 1.29 is 9.47 Å². The van der Waals surface area contributed by atoms with E-state index in [1.165, 1.54) is 0 Å². The van der Waals surface area contributed by atoms with Gasteiger partial charge in [0.25, 0.3) is 0 Å². The van der Waals surface area contributed by atoms with Gasteiger partial charge in [-0.1, -0.05) is 22.0 Å². The van der Waals surface area contributed by atoms with Crippen LogP contribution in [0.15, 0.2) is 40.9 Å². The van der Waals surface area contributed by atoms with Gasteiger partial charge < -0.3 is 15.2 Å². The second kappa shape index (κ2) is 6.61. The Morgan fingerprint density at radius 2 is 1.86 bits per heavy atom. The van der Waals surface area contributed by atoms with Crippen molar-refractivity contribution in [2.45, 2.75) is 13.0 Å². The Morgan fingerprint density at radius 3 is 2.43 bits per heavy atom. The molecule has 0 fully saturated rings. The predicted molar refractivity (Wildman–Crippen MR) is 84.5 cm³/mol. The summed E-state index contributed by atoms with van der Waals surface area (Å²) in [6.07, 6.45) is 0. The number of methoxy groups -OCH3 is 1. The lowest BCUT2D eigenvalue weighted by Crippen LogP contribution is -2.05. The molecule has 0 saturated heterocycles. The highest BCUT2D eigenvalue weighted by molar-refractivity contribution is 9.10. The average molecular weight is 347 g/mol. The van der Waals surface area contributed by atoms with Crippen LogP contribution in [-0.4, -0.2) is 7.11 Å². The molecule has 0 aliphatic heterocycles. The van der Waals surface area contributed by atoms with Crippen molar-refractivity contribution in [3.63, 3.8) is 0 Å². The number of ether oxygens (including phenoxy) is 2. The van der Waals surface area contributed by atoms with Crippen LogP contribution in [0.25, 0.3) is 0 Å². The van der Waals surface area contributed by atoms with Gasteiger partial charge in [-0.05, 0) is 36.8 Å². The fourth-order valence-corrected chi connectivity index (χ4v) is 2.61. The number of benzene rings is 2. The highest BCUT2D eigenvalue weighted by Gasteiger charge is 2.08. The van der Waals surface area contributed by atoms with Gasteiger partial charge in [-0.2, -0.15) is 5.26 Å². The maximum absolute atomic E-state index is 9.01. The Hall–Kier alpha value is -2.03.